The summed E-state index contributed by atoms with van der Waals surface area (Å²) >= 11 is 0. The lowest BCUT2D eigenvalue weighted by atomic mass is 9.80. The van der Waals surface area contributed by atoms with Crippen LogP contribution >= 0.6 is 0 Å². The molecule has 1 aliphatic heterocycles. The number of anilines is 1. The van der Waals surface area contributed by atoms with E-state index in [1.165, 1.54) is 10.6 Å². The molecule has 1 heterocycles. The maximum absolute atomic E-state index is 12.0. The molecule has 0 radical (unpaired) electrons. The quantitative estimate of drug-likeness (QED) is 0.838. The smallest absolute Gasteiger partial charge is 0.232 e. The molecule has 1 aromatic carbocycles. The molecule has 0 aromatic heterocycles. The van der Waals surface area contributed by atoms with Crippen molar-refractivity contribution in [1.82, 2.24) is 0 Å². The van der Waals surface area contributed by atoms with Crippen molar-refractivity contribution in [3.8, 4) is 0 Å². The van der Waals surface area contributed by atoms with Gasteiger partial charge in [0, 0.05) is 5.92 Å². The average molecular weight is 267 g/mol. The molecule has 0 saturated heterocycles. The van der Waals surface area contributed by atoms with E-state index in [-0.39, 0.29) is 12.0 Å². The Morgan fingerprint density at radius 1 is 1.28 bits per heavy atom. The van der Waals surface area contributed by atoms with E-state index in [0.29, 0.717) is 0 Å². The number of nitrogens with zero attached hydrogens (tertiary/aromatic N) is 1. The molecule has 0 unspecified atom stereocenters. The van der Waals surface area contributed by atoms with Gasteiger partial charge in [0.15, 0.2) is 0 Å². The summed E-state index contributed by atoms with van der Waals surface area (Å²) in [6.07, 6.45) is 3.27. The van der Waals surface area contributed by atoms with Gasteiger partial charge in [0.25, 0.3) is 0 Å². The lowest BCUT2D eigenvalue weighted by Gasteiger charge is -2.34. The fourth-order valence-electron chi connectivity index (χ4n) is 3.40. The van der Waals surface area contributed by atoms with E-state index in [9.17, 15) is 13.5 Å². The van der Waals surface area contributed by atoms with Crippen molar-refractivity contribution >= 4 is 15.7 Å². The first kappa shape index (κ1) is 12.0. The molecular weight excluding hydrogens is 250 g/mol. The fraction of sp³-hybridized carbons (Fsp3) is 0.538. The predicted octanol–water partition coefficient (Wildman–Crippen LogP) is 1.46. The first-order chi connectivity index (χ1) is 8.50. The van der Waals surface area contributed by atoms with Gasteiger partial charge < -0.3 is 5.11 Å². The molecule has 1 aliphatic carbocycles. The van der Waals surface area contributed by atoms with Crippen LogP contribution in [0.4, 0.5) is 5.69 Å². The maximum Gasteiger partial charge on any atom is 0.232 e. The zero-order chi connectivity index (χ0) is 12.9. The number of benzene rings is 1. The van der Waals surface area contributed by atoms with Crippen molar-refractivity contribution in [2.75, 3.05) is 10.6 Å². The summed E-state index contributed by atoms with van der Waals surface area (Å²) in [4.78, 5) is 0. The number of aliphatic hydroxyl groups excluding tert-OH is 1. The molecule has 4 nitrogen and oxygen atoms in total. The highest BCUT2D eigenvalue weighted by Gasteiger charge is 2.47. The van der Waals surface area contributed by atoms with E-state index < -0.39 is 16.1 Å². The Labute approximate surface area is 107 Å². The van der Waals surface area contributed by atoms with Crippen molar-refractivity contribution < 1.29 is 13.5 Å². The third-order valence-corrected chi connectivity index (χ3v) is 5.20. The summed E-state index contributed by atoms with van der Waals surface area (Å²) in [6.45, 7) is 0. The number of hydrogen-bond donors (Lipinski definition) is 1. The topological polar surface area (TPSA) is 57.6 Å². The standard InChI is InChI=1S/C13H17NO3S/c1-18(16,17)14-10-6-3-2-5-9(10)13-11(14)7-4-8-12(13)15/h2-3,5-6,11-13,15H,4,7-8H2,1H3/t11-,12-,13-/m0/s1. The van der Waals surface area contributed by atoms with Crippen LogP contribution < -0.4 is 4.31 Å². The molecule has 0 spiro atoms. The van der Waals surface area contributed by atoms with Gasteiger partial charge in [-0.2, -0.15) is 0 Å². The van der Waals surface area contributed by atoms with Crippen LogP contribution in [0.3, 0.4) is 0 Å². The van der Waals surface area contributed by atoms with Crippen LogP contribution in [0.5, 0.6) is 0 Å². The predicted molar refractivity (Wildman–Crippen MR) is 70.2 cm³/mol. The molecule has 5 heteroatoms. The van der Waals surface area contributed by atoms with Gasteiger partial charge >= 0.3 is 0 Å². The Bertz CT molecular complexity index is 569. The molecule has 3 rings (SSSR count). The number of aliphatic hydroxyl groups is 1. The fourth-order valence-corrected chi connectivity index (χ4v) is 4.65. The van der Waals surface area contributed by atoms with E-state index in [1.807, 2.05) is 24.3 Å². The van der Waals surface area contributed by atoms with Gasteiger partial charge in [-0.25, -0.2) is 8.42 Å². The minimum Gasteiger partial charge on any atom is -0.392 e. The van der Waals surface area contributed by atoms with Crippen LogP contribution in [0, 0.1) is 0 Å². The second kappa shape index (κ2) is 3.96. The van der Waals surface area contributed by atoms with Crippen LogP contribution in [-0.2, 0) is 10.0 Å². The number of sulfonamides is 1. The lowest BCUT2D eigenvalue weighted by molar-refractivity contribution is 0.101. The van der Waals surface area contributed by atoms with Crippen LogP contribution in [0.15, 0.2) is 24.3 Å². The molecule has 1 N–H and O–H groups in total. The van der Waals surface area contributed by atoms with Gasteiger partial charge in [-0.3, -0.25) is 4.31 Å². The highest BCUT2D eigenvalue weighted by atomic mass is 32.2. The highest BCUT2D eigenvalue weighted by Crippen LogP contribution is 2.48. The Morgan fingerprint density at radius 2 is 2.00 bits per heavy atom. The third kappa shape index (κ3) is 1.65. The van der Waals surface area contributed by atoms with Crippen molar-refractivity contribution in [3.05, 3.63) is 29.8 Å². The molecule has 1 fully saturated rings. The summed E-state index contributed by atoms with van der Waals surface area (Å²) in [5.74, 6) is -0.0651. The lowest BCUT2D eigenvalue weighted by Crippen LogP contribution is -2.43. The summed E-state index contributed by atoms with van der Waals surface area (Å²) in [7, 11) is -3.29. The highest BCUT2D eigenvalue weighted by molar-refractivity contribution is 7.92. The first-order valence-electron chi connectivity index (χ1n) is 6.26. The summed E-state index contributed by atoms with van der Waals surface area (Å²) in [6, 6.07) is 7.42. The molecule has 0 amide bonds. The monoisotopic (exact) mass is 267 g/mol. The zero-order valence-corrected chi connectivity index (χ0v) is 11.1. The molecule has 1 saturated carbocycles. The number of fused-ring (bicyclic) bond motifs is 3. The second-order valence-corrected chi connectivity index (χ2v) is 7.07. The summed E-state index contributed by atoms with van der Waals surface area (Å²) < 4.78 is 25.5. The minimum absolute atomic E-state index is 0.0651. The molecule has 3 atom stereocenters. The van der Waals surface area contributed by atoms with Crippen molar-refractivity contribution in [3.63, 3.8) is 0 Å². The SMILES string of the molecule is CS(=O)(=O)N1c2ccccc2[C@@H]2[C@@H](O)CCC[C@@H]21. The van der Waals surface area contributed by atoms with E-state index >= 15 is 0 Å². The van der Waals surface area contributed by atoms with Gasteiger partial charge in [0.2, 0.25) is 10.0 Å². The van der Waals surface area contributed by atoms with Gasteiger partial charge in [-0.15, -0.1) is 0 Å². The first-order valence-corrected chi connectivity index (χ1v) is 8.11. The van der Waals surface area contributed by atoms with Crippen molar-refractivity contribution in [2.45, 2.75) is 37.3 Å². The van der Waals surface area contributed by atoms with Crippen LogP contribution in [-0.4, -0.2) is 31.9 Å². The summed E-state index contributed by atoms with van der Waals surface area (Å²) in [5, 5.41) is 10.2. The molecule has 98 valence electrons. The second-order valence-electron chi connectivity index (χ2n) is 5.21. The van der Waals surface area contributed by atoms with Crippen LogP contribution in [0.2, 0.25) is 0 Å². The van der Waals surface area contributed by atoms with Gasteiger partial charge in [-0.1, -0.05) is 18.2 Å². The van der Waals surface area contributed by atoms with E-state index in [4.69, 9.17) is 0 Å². The normalized spacial score (nSPS) is 31.0. The molecular formula is C13H17NO3S. The number of para-hydroxylation sites is 1. The van der Waals surface area contributed by atoms with Crippen LogP contribution in [0.25, 0.3) is 0 Å². The number of hydrogen-bond acceptors (Lipinski definition) is 3. The minimum atomic E-state index is -3.29. The van der Waals surface area contributed by atoms with Gasteiger partial charge in [-0.05, 0) is 30.9 Å². The van der Waals surface area contributed by atoms with E-state index in [1.54, 1.807) is 0 Å². The number of rotatable bonds is 1. The van der Waals surface area contributed by atoms with Gasteiger partial charge in [0.05, 0.1) is 24.1 Å². The third-order valence-electron chi connectivity index (χ3n) is 4.02. The van der Waals surface area contributed by atoms with Gasteiger partial charge in [0.1, 0.15) is 0 Å². The zero-order valence-electron chi connectivity index (χ0n) is 10.3. The van der Waals surface area contributed by atoms with Crippen LogP contribution in [0.1, 0.15) is 30.7 Å². The largest absolute Gasteiger partial charge is 0.392 e. The molecule has 2 aliphatic rings. The average Bonchev–Trinajstić information content (AvgIpc) is 2.63. The van der Waals surface area contributed by atoms with Crippen molar-refractivity contribution in [1.29, 1.82) is 0 Å². The Balaban J connectivity index is 2.17. The Morgan fingerprint density at radius 3 is 2.72 bits per heavy atom. The Hall–Kier alpha value is -1.07. The van der Waals surface area contributed by atoms with E-state index in [0.717, 1.165) is 30.5 Å². The molecule has 18 heavy (non-hydrogen) atoms. The Kier molecular flexibility index (Phi) is 2.64. The molecule has 0 bridgehead atoms. The summed E-state index contributed by atoms with van der Waals surface area (Å²) in [5.41, 5.74) is 1.72. The molecule has 1 aromatic rings. The van der Waals surface area contributed by atoms with E-state index in [2.05, 4.69) is 0 Å². The maximum atomic E-state index is 12.0. The van der Waals surface area contributed by atoms with Crippen molar-refractivity contribution in [2.24, 2.45) is 0 Å².